The van der Waals surface area contributed by atoms with Crippen molar-refractivity contribution in [3.63, 3.8) is 0 Å². The highest BCUT2D eigenvalue weighted by molar-refractivity contribution is 6.03. The van der Waals surface area contributed by atoms with Gasteiger partial charge in [0.1, 0.15) is 11.5 Å². The fourth-order valence-corrected chi connectivity index (χ4v) is 5.30. The smallest absolute Gasteiger partial charge is 0.150 e. The maximum atomic E-state index is 13.5. The Hall–Kier alpha value is -2.97. The van der Waals surface area contributed by atoms with Crippen molar-refractivity contribution >= 4 is 16.7 Å². The Balaban J connectivity index is 1.18. The molecule has 2 saturated heterocycles. The molecule has 5 rings (SSSR count). The summed E-state index contributed by atoms with van der Waals surface area (Å²) in [4.78, 5) is 5.19. The summed E-state index contributed by atoms with van der Waals surface area (Å²) >= 11 is 0. The molecule has 2 fully saturated rings. The molecule has 8 heteroatoms. The molecule has 0 bridgehead atoms. The number of nitrogens with one attached hydrogen (secondary N) is 2. The SMILES string of the molecule is Cc1cc(F)ccc1-c1n[nH]c2ccc(/C(N)=N/NCCN3CCC(N4CCCC4)CC3)cc12. The van der Waals surface area contributed by atoms with Crippen molar-refractivity contribution in [3.8, 4) is 11.3 Å². The van der Waals surface area contributed by atoms with Crippen LogP contribution in [0.3, 0.4) is 0 Å². The molecule has 2 aliphatic heterocycles. The molecule has 34 heavy (non-hydrogen) atoms. The van der Waals surface area contributed by atoms with E-state index in [2.05, 4.69) is 30.5 Å². The standard InChI is InChI=1S/C26H34FN7/c1-18-16-20(27)5-6-22(18)25-23-17-19(4-7-24(23)30-31-25)26(28)32-29-10-15-33-13-8-21(9-14-33)34-11-2-3-12-34/h4-7,16-17,21,29H,2-3,8-15H2,1H3,(H2,28,32)(H,30,31). The third-order valence-corrected chi connectivity index (χ3v) is 7.26. The minimum absolute atomic E-state index is 0.250. The van der Waals surface area contributed by atoms with E-state index in [9.17, 15) is 4.39 Å². The number of hydrogen-bond donors (Lipinski definition) is 3. The largest absolute Gasteiger partial charge is 0.382 e. The number of hydrogen-bond acceptors (Lipinski definition) is 5. The van der Waals surface area contributed by atoms with Crippen LogP contribution in [0, 0.1) is 12.7 Å². The first kappa shape index (κ1) is 22.8. The van der Waals surface area contributed by atoms with Crippen LogP contribution < -0.4 is 11.2 Å². The number of H-pyrrole nitrogens is 1. The Morgan fingerprint density at radius 3 is 2.71 bits per heavy atom. The average molecular weight is 464 g/mol. The van der Waals surface area contributed by atoms with Crippen molar-refractivity contribution in [2.24, 2.45) is 10.8 Å². The van der Waals surface area contributed by atoms with E-state index in [1.54, 1.807) is 6.07 Å². The van der Waals surface area contributed by atoms with Gasteiger partial charge in [0.15, 0.2) is 5.84 Å². The van der Waals surface area contributed by atoms with E-state index in [-0.39, 0.29) is 5.82 Å². The van der Waals surface area contributed by atoms with Crippen molar-refractivity contribution < 1.29 is 4.39 Å². The molecule has 0 aliphatic carbocycles. The van der Waals surface area contributed by atoms with Gasteiger partial charge >= 0.3 is 0 Å². The quantitative estimate of drug-likeness (QED) is 0.216. The van der Waals surface area contributed by atoms with Gasteiger partial charge in [-0.1, -0.05) is 0 Å². The van der Waals surface area contributed by atoms with E-state index < -0.39 is 0 Å². The van der Waals surface area contributed by atoms with Crippen LogP contribution in [0.2, 0.25) is 0 Å². The summed E-state index contributed by atoms with van der Waals surface area (Å²) in [5.74, 6) is 0.192. The number of fused-ring (bicyclic) bond motifs is 1. The van der Waals surface area contributed by atoms with Crippen LogP contribution in [0.5, 0.6) is 0 Å². The van der Waals surface area contributed by atoms with E-state index in [1.807, 2.05) is 25.1 Å². The molecule has 7 nitrogen and oxygen atoms in total. The highest BCUT2D eigenvalue weighted by atomic mass is 19.1. The molecule has 180 valence electrons. The Morgan fingerprint density at radius 1 is 1.15 bits per heavy atom. The fourth-order valence-electron chi connectivity index (χ4n) is 5.30. The number of likely N-dealkylation sites (tertiary alicyclic amines) is 2. The summed E-state index contributed by atoms with van der Waals surface area (Å²) in [6.45, 7) is 8.51. The Kier molecular flexibility index (Phi) is 6.78. The monoisotopic (exact) mass is 463 g/mol. The average Bonchev–Trinajstić information content (AvgIpc) is 3.52. The summed E-state index contributed by atoms with van der Waals surface area (Å²) < 4.78 is 13.5. The number of piperidine rings is 1. The summed E-state index contributed by atoms with van der Waals surface area (Å²) in [6, 6.07) is 11.4. The van der Waals surface area contributed by atoms with Gasteiger partial charge in [0.25, 0.3) is 0 Å². The summed E-state index contributed by atoms with van der Waals surface area (Å²) in [5.41, 5.74) is 13.7. The zero-order valence-corrected chi connectivity index (χ0v) is 19.9. The van der Waals surface area contributed by atoms with Gasteiger partial charge in [-0.2, -0.15) is 10.2 Å². The number of aryl methyl sites for hydroxylation is 1. The highest BCUT2D eigenvalue weighted by Crippen LogP contribution is 2.29. The molecular weight excluding hydrogens is 429 g/mol. The third-order valence-electron chi connectivity index (χ3n) is 7.26. The lowest BCUT2D eigenvalue weighted by molar-refractivity contribution is 0.127. The number of hydrazone groups is 1. The minimum atomic E-state index is -0.250. The number of amidine groups is 1. The predicted octanol–water partition coefficient (Wildman–Crippen LogP) is 3.45. The first-order valence-electron chi connectivity index (χ1n) is 12.4. The van der Waals surface area contributed by atoms with Gasteiger partial charge in [-0.25, -0.2) is 4.39 Å². The summed E-state index contributed by atoms with van der Waals surface area (Å²) in [5, 5.41) is 12.9. The van der Waals surface area contributed by atoms with Crippen molar-refractivity contribution in [3.05, 3.63) is 53.3 Å². The van der Waals surface area contributed by atoms with E-state index in [0.29, 0.717) is 5.84 Å². The number of nitrogens with two attached hydrogens (primary N) is 1. The normalized spacial score (nSPS) is 18.7. The topological polar surface area (TPSA) is 85.6 Å². The number of aromatic amines is 1. The van der Waals surface area contributed by atoms with Gasteiger partial charge in [-0.05, 0) is 101 Å². The molecule has 0 saturated carbocycles. The van der Waals surface area contributed by atoms with Crippen LogP contribution in [0.15, 0.2) is 41.5 Å². The maximum Gasteiger partial charge on any atom is 0.150 e. The summed E-state index contributed by atoms with van der Waals surface area (Å²) in [7, 11) is 0. The van der Waals surface area contributed by atoms with Crippen LogP contribution in [-0.4, -0.2) is 71.1 Å². The highest BCUT2D eigenvalue weighted by Gasteiger charge is 2.26. The van der Waals surface area contributed by atoms with Crippen LogP contribution in [0.1, 0.15) is 36.8 Å². The fraction of sp³-hybridized carbons (Fsp3) is 0.462. The molecular formula is C26H34FN7. The maximum absolute atomic E-state index is 13.5. The van der Waals surface area contributed by atoms with Crippen LogP contribution >= 0.6 is 0 Å². The third kappa shape index (κ3) is 4.93. The molecule has 0 unspecified atom stereocenters. The second-order valence-corrected chi connectivity index (χ2v) is 9.51. The predicted molar refractivity (Wildman–Crippen MR) is 135 cm³/mol. The van der Waals surface area contributed by atoms with Crippen LogP contribution in [0.25, 0.3) is 22.2 Å². The van der Waals surface area contributed by atoms with Crippen molar-refractivity contribution in [2.45, 2.75) is 38.6 Å². The first-order valence-corrected chi connectivity index (χ1v) is 12.4. The molecule has 3 aromatic rings. The van der Waals surface area contributed by atoms with Crippen LogP contribution in [-0.2, 0) is 0 Å². The molecule has 2 aromatic carbocycles. The first-order chi connectivity index (χ1) is 16.6. The lowest BCUT2D eigenvalue weighted by Gasteiger charge is -2.36. The van der Waals surface area contributed by atoms with Crippen molar-refractivity contribution in [2.75, 3.05) is 39.3 Å². The molecule has 0 radical (unpaired) electrons. The number of aromatic nitrogens is 2. The second-order valence-electron chi connectivity index (χ2n) is 9.51. The van der Waals surface area contributed by atoms with Gasteiger partial charge in [-0.15, -0.1) is 0 Å². The van der Waals surface area contributed by atoms with Gasteiger partial charge < -0.3 is 21.0 Å². The van der Waals surface area contributed by atoms with Crippen LogP contribution in [0.4, 0.5) is 4.39 Å². The lowest BCUT2D eigenvalue weighted by Crippen LogP contribution is -2.45. The van der Waals surface area contributed by atoms with Crippen molar-refractivity contribution in [1.29, 1.82) is 0 Å². The number of nitrogens with zero attached hydrogens (tertiary/aromatic N) is 4. The molecule has 1 aromatic heterocycles. The van der Waals surface area contributed by atoms with Gasteiger partial charge in [0.2, 0.25) is 0 Å². The molecule has 0 amide bonds. The Bertz CT molecular complexity index is 1160. The summed E-state index contributed by atoms with van der Waals surface area (Å²) in [6.07, 6.45) is 5.27. The van der Waals surface area contributed by atoms with Gasteiger partial charge in [-0.3, -0.25) is 5.10 Å². The molecule has 0 atom stereocenters. The zero-order valence-electron chi connectivity index (χ0n) is 19.9. The minimum Gasteiger partial charge on any atom is -0.382 e. The number of halogens is 1. The zero-order chi connectivity index (χ0) is 23.5. The Morgan fingerprint density at radius 2 is 1.94 bits per heavy atom. The molecule has 2 aliphatic rings. The molecule has 3 heterocycles. The molecule has 0 spiro atoms. The van der Waals surface area contributed by atoms with Gasteiger partial charge in [0.05, 0.1) is 5.52 Å². The second kappa shape index (κ2) is 10.1. The van der Waals surface area contributed by atoms with E-state index in [1.165, 1.54) is 50.9 Å². The van der Waals surface area contributed by atoms with Crippen molar-refractivity contribution in [1.82, 2.24) is 25.4 Å². The Labute approximate surface area is 200 Å². The van der Waals surface area contributed by atoms with Gasteiger partial charge in [0, 0.05) is 35.6 Å². The molecule has 4 N–H and O–H groups in total. The lowest BCUT2D eigenvalue weighted by atomic mass is 10.0. The number of benzene rings is 2. The van der Waals surface area contributed by atoms with E-state index in [4.69, 9.17) is 5.73 Å². The van der Waals surface area contributed by atoms with E-state index in [0.717, 1.165) is 65.5 Å². The van der Waals surface area contributed by atoms with E-state index >= 15 is 0 Å². The number of rotatable bonds is 7.